The van der Waals surface area contributed by atoms with Gasteiger partial charge in [-0.3, -0.25) is 4.79 Å². The lowest BCUT2D eigenvalue weighted by Gasteiger charge is -2.20. The first-order chi connectivity index (χ1) is 8.08. The van der Waals surface area contributed by atoms with Gasteiger partial charge in [0, 0.05) is 16.8 Å². The van der Waals surface area contributed by atoms with E-state index in [1.165, 1.54) is 4.88 Å². The minimum Gasteiger partial charge on any atom is -0.348 e. The van der Waals surface area contributed by atoms with Gasteiger partial charge in [0.2, 0.25) is 0 Å². The fraction of sp³-hybridized carbons (Fsp3) is 0.615. The van der Waals surface area contributed by atoms with Crippen LogP contribution in [0.5, 0.6) is 0 Å². The number of hydrogen-bond donors (Lipinski definition) is 1. The number of amides is 1. The molecular weight excluding hydrogens is 254 g/mol. The van der Waals surface area contributed by atoms with Crippen molar-refractivity contribution in [1.29, 1.82) is 0 Å². The third-order valence-electron chi connectivity index (χ3n) is 2.78. The lowest BCUT2D eigenvalue weighted by atomic mass is 10.0. The average Bonchev–Trinajstić information content (AvgIpc) is 2.76. The van der Waals surface area contributed by atoms with E-state index in [4.69, 9.17) is 11.6 Å². The van der Waals surface area contributed by atoms with Crippen LogP contribution in [0.4, 0.5) is 0 Å². The SMILES string of the molecule is CCc1ccc(C(=O)NC(CCCl)C(C)C)s1. The van der Waals surface area contributed by atoms with Crippen LogP contribution in [0.25, 0.3) is 0 Å². The second-order valence-electron chi connectivity index (χ2n) is 4.42. The Morgan fingerprint density at radius 3 is 2.65 bits per heavy atom. The quantitative estimate of drug-likeness (QED) is 0.787. The van der Waals surface area contributed by atoms with Crippen molar-refractivity contribution in [2.45, 2.75) is 39.7 Å². The molecule has 0 aliphatic carbocycles. The first-order valence-electron chi connectivity index (χ1n) is 6.04. The van der Waals surface area contributed by atoms with Crippen LogP contribution in [0.2, 0.25) is 0 Å². The number of aryl methyl sites for hydroxylation is 1. The van der Waals surface area contributed by atoms with Gasteiger partial charge in [0.1, 0.15) is 0 Å². The third-order valence-corrected chi connectivity index (χ3v) is 4.22. The Bertz CT molecular complexity index is 362. The number of nitrogens with one attached hydrogen (secondary N) is 1. The van der Waals surface area contributed by atoms with Crippen molar-refractivity contribution in [3.63, 3.8) is 0 Å². The standard InChI is InChI=1S/C13H20ClNOS/c1-4-10-5-6-12(17-10)13(16)15-11(7-8-14)9(2)3/h5-6,9,11H,4,7-8H2,1-3H3,(H,15,16). The Morgan fingerprint density at radius 1 is 1.47 bits per heavy atom. The monoisotopic (exact) mass is 273 g/mol. The summed E-state index contributed by atoms with van der Waals surface area (Å²) in [5.41, 5.74) is 0. The molecule has 0 spiro atoms. The Hall–Kier alpha value is -0.540. The number of thiophene rings is 1. The molecule has 17 heavy (non-hydrogen) atoms. The third kappa shape index (κ3) is 4.32. The summed E-state index contributed by atoms with van der Waals surface area (Å²) < 4.78 is 0. The van der Waals surface area contributed by atoms with E-state index in [2.05, 4.69) is 26.1 Å². The van der Waals surface area contributed by atoms with E-state index >= 15 is 0 Å². The van der Waals surface area contributed by atoms with E-state index < -0.39 is 0 Å². The smallest absolute Gasteiger partial charge is 0.261 e. The molecule has 1 aromatic rings. The number of hydrogen-bond acceptors (Lipinski definition) is 2. The van der Waals surface area contributed by atoms with E-state index in [0.29, 0.717) is 11.8 Å². The summed E-state index contributed by atoms with van der Waals surface area (Å²) in [6, 6.07) is 4.08. The molecule has 0 saturated heterocycles. The van der Waals surface area contributed by atoms with Gasteiger partial charge in [0.25, 0.3) is 5.91 Å². The van der Waals surface area contributed by atoms with Gasteiger partial charge in [-0.1, -0.05) is 20.8 Å². The molecule has 2 nitrogen and oxygen atoms in total. The zero-order valence-corrected chi connectivity index (χ0v) is 12.2. The van der Waals surface area contributed by atoms with Gasteiger partial charge in [-0.2, -0.15) is 0 Å². The predicted molar refractivity (Wildman–Crippen MR) is 75.1 cm³/mol. The second-order valence-corrected chi connectivity index (χ2v) is 5.97. The van der Waals surface area contributed by atoms with Crippen molar-refractivity contribution < 1.29 is 4.79 Å². The van der Waals surface area contributed by atoms with E-state index in [1.807, 2.05) is 12.1 Å². The fourth-order valence-corrected chi connectivity index (χ4v) is 2.70. The molecule has 0 fully saturated rings. The number of halogens is 1. The topological polar surface area (TPSA) is 29.1 Å². The molecule has 0 radical (unpaired) electrons. The molecule has 1 aromatic heterocycles. The van der Waals surface area contributed by atoms with E-state index in [0.717, 1.165) is 17.7 Å². The molecule has 0 aliphatic heterocycles. The van der Waals surface area contributed by atoms with E-state index in [1.54, 1.807) is 11.3 Å². The van der Waals surface area contributed by atoms with Crippen molar-refractivity contribution >= 4 is 28.8 Å². The molecule has 1 atom stereocenters. The Kier molecular flexibility index (Phi) is 6.00. The van der Waals surface area contributed by atoms with Crippen LogP contribution < -0.4 is 5.32 Å². The van der Waals surface area contributed by atoms with Crippen molar-refractivity contribution in [2.75, 3.05) is 5.88 Å². The molecule has 0 saturated carbocycles. The summed E-state index contributed by atoms with van der Waals surface area (Å²) in [4.78, 5) is 14.1. The van der Waals surface area contributed by atoms with Crippen LogP contribution in [-0.4, -0.2) is 17.8 Å². The lowest BCUT2D eigenvalue weighted by Crippen LogP contribution is -2.38. The second kappa shape index (κ2) is 7.02. The van der Waals surface area contributed by atoms with Crippen LogP contribution >= 0.6 is 22.9 Å². The number of carbonyl (C=O) groups is 1. The van der Waals surface area contributed by atoms with E-state index in [9.17, 15) is 4.79 Å². The molecule has 0 aromatic carbocycles. The van der Waals surface area contributed by atoms with Crippen LogP contribution in [0, 0.1) is 5.92 Å². The van der Waals surface area contributed by atoms with Gasteiger partial charge in [-0.05, 0) is 30.9 Å². The normalized spacial score (nSPS) is 12.8. The first-order valence-corrected chi connectivity index (χ1v) is 7.39. The zero-order chi connectivity index (χ0) is 12.8. The molecule has 1 unspecified atom stereocenters. The summed E-state index contributed by atoms with van der Waals surface area (Å²) in [6.07, 6.45) is 1.80. The summed E-state index contributed by atoms with van der Waals surface area (Å²) >= 11 is 7.32. The predicted octanol–water partition coefficient (Wildman–Crippen LogP) is 3.69. The fourth-order valence-electron chi connectivity index (χ4n) is 1.62. The minimum atomic E-state index is 0.0264. The minimum absolute atomic E-state index is 0.0264. The Morgan fingerprint density at radius 2 is 2.18 bits per heavy atom. The average molecular weight is 274 g/mol. The van der Waals surface area contributed by atoms with Gasteiger partial charge >= 0.3 is 0 Å². The molecule has 1 heterocycles. The van der Waals surface area contributed by atoms with Crippen LogP contribution in [0.1, 0.15) is 41.7 Å². The number of rotatable bonds is 6. The molecule has 0 bridgehead atoms. The van der Waals surface area contributed by atoms with Crippen molar-refractivity contribution in [1.82, 2.24) is 5.32 Å². The molecule has 1 rings (SSSR count). The maximum atomic E-state index is 12.0. The van der Waals surface area contributed by atoms with Crippen LogP contribution in [0.3, 0.4) is 0 Å². The van der Waals surface area contributed by atoms with Gasteiger partial charge in [-0.15, -0.1) is 22.9 Å². The van der Waals surface area contributed by atoms with Crippen molar-refractivity contribution in [3.8, 4) is 0 Å². The molecule has 1 N–H and O–H groups in total. The summed E-state index contributed by atoms with van der Waals surface area (Å²) in [6.45, 7) is 6.30. The highest BCUT2D eigenvalue weighted by Gasteiger charge is 2.17. The van der Waals surface area contributed by atoms with Crippen molar-refractivity contribution in [2.24, 2.45) is 5.92 Å². The van der Waals surface area contributed by atoms with Crippen LogP contribution in [0.15, 0.2) is 12.1 Å². The summed E-state index contributed by atoms with van der Waals surface area (Å²) in [5, 5.41) is 3.06. The first kappa shape index (κ1) is 14.5. The molecule has 1 amide bonds. The Labute approximate surface area is 112 Å². The Balaban J connectivity index is 2.63. The van der Waals surface area contributed by atoms with Crippen LogP contribution in [-0.2, 0) is 6.42 Å². The summed E-state index contributed by atoms with van der Waals surface area (Å²) in [7, 11) is 0. The highest BCUT2D eigenvalue weighted by atomic mass is 35.5. The number of alkyl halides is 1. The molecule has 0 aliphatic rings. The van der Waals surface area contributed by atoms with E-state index in [-0.39, 0.29) is 11.9 Å². The largest absolute Gasteiger partial charge is 0.348 e. The van der Waals surface area contributed by atoms with Gasteiger partial charge in [-0.25, -0.2) is 0 Å². The molecule has 96 valence electrons. The summed E-state index contributed by atoms with van der Waals surface area (Å²) in [5.74, 6) is 1.01. The van der Waals surface area contributed by atoms with Gasteiger partial charge in [0.15, 0.2) is 0 Å². The molecular formula is C13H20ClNOS. The van der Waals surface area contributed by atoms with Crippen molar-refractivity contribution in [3.05, 3.63) is 21.9 Å². The highest BCUT2D eigenvalue weighted by molar-refractivity contribution is 7.14. The van der Waals surface area contributed by atoms with Gasteiger partial charge < -0.3 is 5.32 Å². The number of carbonyl (C=O) groups excluding carboxylic acids is 1. The lowest BCUT2D eigenvalue weighted by molar-refractivity contribution is 0.0929. The molecule has 4 heteroatoms. The maximum absolute atomic E-state index is 12.0. The maximum Gasteiger partial charge on any atom is 0.261 e. The zero-order valence-electron chi connectivity index (χ0n) is 10.6. The van der Waals surface area contributed by atoms with Gasteiger partial charge in [0.05, 0.1) is 4.88 Å². The highest BCUT2D eigenvalue weighted by Crippen LogP contribution is 2.17.